The van der Waals surface area contributed by atoms with Crippen molar-refractivity contribution in [3.05, 3.63) is 65.2 Å². The lowest BCUT2D eigenvalue weighted by Gasteiger charge is -2.18. The topological polar surface area (TPSA) is 32.3 Å². The fourth-order valence-electron chi connectivity index (χ4n) is 2.46. The molecule has 25 heavy (non-hydrogen) atoms. The van der Waals surface area contributed by atoms with Crippen LogP contribution in [-0.4, -0.2) is 26.5 Å². The molecule has 0 saturated carbocycles. The van der Waals surface area contributed by atoms with Gasteiger partial charge in [0.1, 0.15) is 0 Å². The summed E-state index contributed by atoms with van der Waals surface area (Å²) in [5, 5.41) is 2.85. The van der Waals surface area contributed by atoms with E-state index >= 15 is 0 Å². The molecule has 3 nitrogen and oxygen atoms in total. The van der Waals surface area contributed by atoms with E-state index in [1.165, 1.54) is 5.56 Å². The Bertz CT molecular complexity index is 787. The molecular formula is C22H26N2O. The summed E-state index contributed by atoms with van der Waals surface area (Å²) in [5.74, 6) is 6.05. The minimum absolute atomic E-state index is 0.0836. The molecular weight excluding hydrogens is 308 g/mol. The molecule has 2 aromatic carbocycles. The molecule has 0 atom stereocenters. The van der Waals surface area contributed by atoms with Gasteiger partial charge in [0.05, 0.1) is 12.2 Å². The Balaban J connectivity index is 1.98. The zero-order valence-corrected chi connectivity index (χ0v) is 15.7. The molecule has 0 aromatic heterocycles. The van der Waals surface area contributed by atoms with E-state index in [4.69, 9.17) is 0 Å². The zero-order valence-electron chi connectivity index (χ0n) is 15.7. The summed E-state index contributed by atoms with van der Waals surface area (Å²) in [4.78, 5) is 14.2. The summed E-state index contributed by atoms with van der Waals surface area (Å²) >= 11 is 0. The zero-order chi connectivity index (χ0) is 18.4. The average molecular weight is 334 g/mol. The number of benzene rings is 2. The van der Waals surface area contributed by atoms with E-state index in [1.807, 2.05) is 67.5 Å². The van der Waals surface area contributed by atoms with Crippen LogP contribution < -0.4 is 10.2 Å². The van der Waals surface area contributed by atoms with Gasteiger partial charge in [0, 0.05) is 25.2 Å². The minimum atomic E-state index is -0.101. The first-order chi connectivity index (χ1) is 11.8. The lowest BCUT2D eigenvalue weighted by molar-refractivity contribution is 0.0958. The Labute approximate surface area is 151 Å². The molecule has 2 aromatic rings. The number of nitrogens with one attached hydrogen (secondary N) is 1. The van der Waals surface area contributed by atoms with E-state index < -0.39 is 0 Å². The van der Waals surface area contributed by atoms with Gasteiger partial charge in [-0.2, -0.15) is 0 Å². The van der Waals surface area contributed by atoms with E-state index in [1.54, 1.807) is 0 Å². The van der Waals surface area contributed by atoms with Crippen molar-refractivity contribution < 1.29 is 4.79 Å². The highest BCUT2D eigenvalue weighted by Gasteiger charge is 2.14. The van der Waals surface area contributed by atoms with Gasteiger partial charge in [0.2, 0.25) is 0 Å². The van der Waals surface area contributed by atoms with Crippen LogP contribution >= 0.6 is 0 Å². The normalized spacial score (nSPS) is 10.6. The average Bonchev–Trinajstić information content (AvgIpc) is 2.58. The third-order valence-corrected chi connectivity index (χ3v) is 3.96. The minimum Gasteiger partial charge on any atom is -0.377 e. The third kappa shape index (κ3) is 5.12. The number of carbonyl (C=O) groups excluding carboxylic acids is 1. The van der Waals surface area contributed by atoms with Crippen molar-refractivity contribution in [1.82, 2.24) is 5.32 Å². The maximum atomic E-state index is 12.2. The Morgan fingerprint density at radius 3 is 2.28 bits per heavy atom. The van der Waals surface area contributed by atoms with Crippen molar-refractivity contribution in [1.29, 1.82) is 0 Å². The van der Waals surface area contributed by atoms with Crippen molar-refractivity contribution in [2.24, 2.45) is 0 Å². The van der Waals surface area contributed by atoms with Gasteiger partial charge in [-0.05, 0) is 35.2 Å². The quantitative estimate of drug-likeness (QED) is 0.865. The maximum Gasteiger partial charge on any atom is 0.252 e. The summed E-state index contributed by atoms with van der Waals surface area (Å²) in [6.45, 7) is 6.79. The standard InChI is InChI=1S/C22H26N2O/c1-22(2,3)19-14-12-18(13-15-19)21(25)23-16-8-10-17-9-6-7-11-20(17)24(4)5/h6-7,9,11-15H,16H2,1-5H3,(H,23,25). The second-order valence-corrected chi connectivity index (χ2v) is 7.22. The van der Waals surface area contributed by atoms with Crippen LogP contribution in [0, 0.1) is 11.8 Å². The molecule has 0 bridgehead atoms. The summed E-state index contributed by atoms with van der Waals surface area (Å²) in [5.41, 5.74) is 3.98. The molecule has 0 aliphatic rings. The van der Waals surface area contributed by atoms with Crippen molar-refractivity contribution in [3.8, 4) is 11.8 Å². The number of amides is 1. The Morgan fingerprint density at radius 1 is 1.04 bits per heavy atom. The van der Waals surface area contributed by atoms with Gasteiger partial charge in [-0.3, -0.25) is 4.79 Å². The summed E-state index contributed by atoms with van der Waals surface area (Å²) in [6.07, 6.45) is 0. The molecule has 0 radical (unpaired) electrons. The lowest BCUT2D eigenvalue weighted by atomic mass is 9.87. The molecule has 130 valence electrons. The van der Waals surface area contributed by atoms with Gasteiger partial charge in [-0.15, -0.1) is 0 Å². The van der Waals surface area contributed by atoms with Gasteiger partial charge in [-0.25, -0.2) is 0 Å². The van der Waals surface area contributed by atoms with Crippen LogP contribution in [-0.2, 0) is 5.41 Å². The predicted octanol–water partition coefficient (Wildman–Crippen LogP) is 3.83. The Morgan fingerprint density at radius 2 is 1.68 bits per heavy atom. The molecule has 0 fully saturated rings. The highest BCUT2D eigenvalue weighted by atomic mass is 16.1. The predicted molar refractivity (Wildman–Crippen MR) is 105 cm³/mol. The van der Waals surface area contributed by atoms with E-state index in [0.29, 0.717) is 12.1 Å². The number of anilines is 1. The molecule has 3 heteroatoms. The van der Waals surface area contributed by atoms with Crippen molar-refractivity contribution >= 4 is 11.6 Å². The molecule has 2 rings (SSSR count). The first-order valence-electron chi connectivity index (χ1n) is 8.43. The van der Waals surface area contributed by atoms with Crippen LogP contribution in [0.15, 0.2) is 48.5 Å². The first-order valence-corrected chi connectivity index (χ1v) is 8.43. The van der Waals surface area contributed by atoms with E-state index in [9.17, 15) is 4.79 Å². The molecule has 0 saturated heterocycles. The smallest absolute Gasteiger partial charge is 0.252 e. The van der Waals surface area contributed by atoms with Crippen LogP contribution in [0.2, 0.25) is 0 Å². The first kappa shape index (κ1) is 18.6. The largest absolute Gasteiger partial charge is 0.377 e. The molecule has 1 amide bonds. The number of nitrogens with zero attached hydrogens (tertiary/aromatic N) is 1. The van der Waals surface area contributed by atoms with Gasteiger partial charge in [0.25, 0.3) is 5.91 Å². The summed E-state index contributed by atoms with van der Waals surface area (Å²) in [6, 6.07) is 15.7. The fourth-order valence-corrected chi connectivity index (χ4v) is 2.46. The maximum absolute atomic E-state index is 12.2. The van der Waals surface area contributed by atoms with Gasteiger partial charge in [0.15, 0.2) is 0 Å². The molecule has 1 N–H and O–H groups in total. The van der Waals surface area contributed by atoms with Crippen molar-refractivity contribution in [2.45, 2.75) is 26.2 Å². The fraction of sp³-hybridized carbons (Fsp3) is 0.318. The number of hydrogen-bond donors (Lipinski definition) is 1. The molecule has 0 unspecified atom stereocenters. The number of rotatable bonds is 3. The lowest BCUT2D eigenvalue weighted by Crippen LogP contribution is -2.23. The summed E-state index contributed by atoms with van der Waals surface area (Å²) < 4.78 is 0. The SMILES string of the molecule is CN(C)c1ccccc1C#CCNC(=O)c1ccc(C(C)(C)C)cc1. The van der Waals surface area contributed by atoms with Gasteiger partial charge >= 0.3 is 0 Å². The van der Waals surface area contributed by atoms with Gasteiger partial charge in [-0.1, -0.05) is 56.9 Å². The van der Waals surface area contributed by atoms with Crippen molar-refractivity contribution in [3.63, 3.8) is 0 Å². The third-order valence-electron chi connectivity index (χ3n) is 3.96. The number of hydrogen-bond acceptors (Lipinski definition) is 2. The van der Waals surface area contributed by atoms with Crippen LogP contribution in [0.4, 0.5) is 5.69 Å². The van der Waals surface area contributed by atoms with Crippen LogP contribution in [0.25, 0.3) is 0 Å². The monoisotopic (exact) mass is 334 g/mol. The van der Waals surface area contributed by atoms with Gasteiger partial charge < -0.3 is 10.2 Å². The highest BCUT2D eigenvalue weighted by Crippen LogP contribution is 2.22. The molecule has 0 heterocycles. The second kappa shape index (κ2) is 7.90. The van der Waals surface area contributed by atoms with Crippen LogP contribution in [0.5, 0.6) is 0 Å². The molecule has 0 aliphatic heterocycles. The Hall–Kier alpha value is -2.73. The van der Waals surface area contributed by atoms with E-state index in [2.05, 4.69) is 37.9 Å². The van der Waals surface area contributed by atoms with Crippen LogP contribution in [0.3, 0.4) is 0 Å². The summed E-state index contributed by atoms with van der Waals surface area (Å²) in [7, 11) is 3.98. The Kier molecular flexibility index (Phi) is 5.88. The molecule has 0 spiro atoms. The van der Waals surface area contributed by atoms with E-state index in [-0.39, 0.29) is 11.3 Å². The van der Waals surface area contributed by atoms with Crippen LogP contribution in [0.1, 0.15) is 42.3 Å². The number of para-hydroxylation sites is 1. The second-order valence-electron chi connectivity index (χ2n) is 7.22. The number of carbonyl (C=O) groups is 1. The highest BCUT2D eigenvalue weighted by molar-refractivity contribution is 5.94. The molecule has 0 aliphatic carbocycles. The van der Waals surface area contributed by atoms with Crippen molar-refractivity contribution in [2.75, 3.05) is 25.5 Å². The van der Waals surface area contributed by atoms with E-state index in [0.717, 1.165) is 11.3 Å².